The second kappa shape index (κ2) is 21.7. The number of halogens is 3. The van der Waals surface area contributed by atoms with Crippen LogP contribution in [0.25, 0.3) is 30.6 Å². The number of nitrogens with zero attached hydrogens (tertiary/aromatic N) is 11. The van der Waals surface area contributed by atoms with Gasteiger partial charge in [-0.3, -0.25) is 9.69 Å². The maximum atomic E-state index is 10.8. The van der Waals surface area contributed by atoms with Gasteiger partial charge < -0.3 is 28.9 Å². The number of hydrogen-bond acceptors (Lipinski definition) is 21. The van der Waals surface area contributed by atoms with Crippen molar-refractivity contribution in [2.45, 2.75) is 6.54 Å². The molecule has 17 nitrogen and oxygen atoms in total. The summed E-state index contributed by atoms with van der Waals surface area (Å²) in [5.74, 6) is 2.64. The predicted molar refractivity (Wildman–Crippen MR) is 244 cm³/mol. The largest absolute Gasteiger partial charge is 0.378 e. The number of aldehydes is 1. The van der Waals surface area contributed by atoms with Gasteiger partial charge in [0.1, 0.15) is 44.2 Å². The van der Waals surface area contributed by atoms with E-state index in [4.69, 9.17) is 53.3 Å². The molecule has 10 rings (SSSR count). The highest BCUT2D eigenvalue weighted by atomic mass is 35.5. The van der Waals surface area contributed by atoms with Crippen LogP contribution in [0.4, 0.5) is 17.5 Å². The molecule has 61 heavy (non-hydrogen) atoms. The van der Waals surface area contributed by atoms with Crippen molar-refractivity contribution in [2.75, 3.05) is 127 Å². The number of rotatable bonds is 9. The molecule has 6 aromatic rings. The molecular formula is C37H42Cl3N11O6S4. The minimum absolute atomic E-state index is 0.211. The van der Waals surface area contributed by atoms with Crippen LogP contribution in [0.1, 0.15) is 14.5 Å². The van der Waals surface area contributed by atoms with Crippen LogP contribution >= 0.6 is 81.0 Å². The molecule has 6 aromatic heterocycles. The Morgan fingerprint density at radius 3 is 1.67 bits per heavy atom. The predicted octanol–water partition coefficient (Wildman–Crippen LogP) is 6.62. The zero-order valence-electron chi connectivity index (χ0n) is 33.0. The maximum absolute atomic E-state index is 10.8. The van der Waals surface area contributed by atoms with E-state index in [0.717, 1.165) is 153 Å². The standard InChI is InChI=1S/C16H22ClN5O3S2.C11H10ClN3O2S.C10H10ClN3OS/c1-23-25-27-22-4-2-20(3-5-22)11-12-10-13-14(21-6-8-24-9-7-21)18-16(17)19-15(13)26-12;12-11-13-9(15-1-3-17-4-2-15)8-5-7(6-16)18-10(8)14-11;11-10-12-8(14-2-4-15-5-3-14)7-1-6-16-9(7)13-10/h10H,2-9,11H2,1H3;5-6H,1-4H2;1,6H,2-5H2. The van der Waals surface area contributed by atoms with Crippen molar-refractivity contribution >= 4 is 135 Å². The SMILES string of the molecule is COOSN1CCN(Cc2cc3c(N4CCOCC4)nc(Cl)nc3s2)CC1.Clc1nc(N2CCOCC2)c2ccsc2n1.O=Cc1cc2c(N3CCOCC3)nc(Cl)nc2s1. The number of fused-ring (bicyclic) bond motifs is 3. The Morgan fingerprint density at radius 2 is 1.15 bits per heavy atom. The lowest BCUT2D eigenvalue weighted by molar-refractivity contribution is -0.164. The molecule has 0 bridgehead atoms. The minimum Gasteiger partial charge on any atom is -0.378 e. The molecule has 4 saturated heterocycles. The molecule has 4 aliphatic rings. The summed E-state index contributed by atoms with van der Waals surface area (Å²) in [5.41, 5.74) is 0. The third-order valence-corrected chi connectivity index (χ3v) is 14.1. The third kappa shape index (κ3) is 11.5. The number of piperazine rings is 1. The average Bonchev–Trinajstić information content (AvgIpc) is 4.05. The Balaban J connectivity index is 0.000000132. The van der Waals surface area contributed by atoms with Gasteiger partial charge in [-0.05, 0) is 58.4 Å². The number of hydrogen-bond donors (Lipinski definition) is 0. The Bertz CT molecular complexity index is 2390. The van der Waals surface area contributed by atoms with E-state index in [-0.39, 0.29) is 5.28 Å². The molecule has 0 atom stereocenters. The number of thiophene rings is 3. The summed E-state index contributed by atoms with van der Waals surface area (Å²) in [5, 5.41) is 5.90. The van der Waals surface area contributed by atoms with Gasteiger partial charge in [0.15, 0.2) is 6.29 Å². The summed E-state index contributed by atoms with van der Waals surface area (Å²) in [4.78, 5) is 55.0. The molecule has 0 aromatic carbocycles. The maximum Gasteiger partial charge on any atom is 0.225 e. The molecule has 10 heterocycles. The molecule has 0 radical (unpaired) electrons. The van der Waals surface area contributed by atoms with E-state index in [9.17, 15) is 4.79 Å². The first-order valence-electron chi connectivity index (χ1n) is 19.5. The zero-order chi connectivity index (χ0) is 42.1. The second-order valence-electron chi connectivity index (χ2n) is 13.8. The fourth-order valence-corrected chi connectivity index (χ4v) is 10.9. The zero-order valence-corrected chi connectivity index (χ0v) is 38.6. The van der Waals surface area contributed by atoms with Crippen molar-refractivity contribution in [3.63, 3.8) is 0 Å². The first kappa shape index (κ1) is 44.7. The van der Waals surface area contributed by atoms with E-state index in [2.05, 4.69) is 64.8 Å². The molecule has 0 saturated carbocycles. The summed E-state index contributed by atoms with van der Waals surface area (Å²) in [7, 11) is 1.52. The van der Waals surface area contributed by atoms with Gasteiger partial charge in [0.05, 0.1) is 67.8 Å². The van der Waals surface area contributed by atoms with Gasteiger partial charge in [-0.25, -0.2) is 24.1 Å². The Labute approximate surface area is 383 Å². The number of carbonyl (C=O) groups excluding carboxylic acids is 1. The van der Waals surface area contributed by atoms with Gasteiger partial charge >= 0.3 is 0 Å². The quantitative estimate of drug-likeness (QED) is 0.0380. The van der Waals surface area contributed by atoms with E-state index in [1.165, 1.54) is 35.6 Å². The minimum atomic E-state index is 0.211. The van der Waals surface area contributed by atoms with Gasteiger partial charge in [-0.15, -0.1) is 38.3 Å². The summed E-state index contributed by atoms with van der Waals surface area (Å²) >= 11 is 23.9. The summed E-state index contributed by atoms with van der Waals surface area (Å²) in [6, 6.07) is 6.07. The lowest BCUT2D eigenvalue weighted by atomic mass is 10.3. The van der Waals surface area contributed by atoms with Crippen LogP contribution in [0.2, 0.25) is 15.9 Å². The van der Waals surface area contributed by atoms with E-state index >= 15 is 0 Å². The highest BCUT2D eigenvalue weighted by Crippen LogP contribution is 2.35. The number of morpholine rings is 3. The van der Waals surface area contributed by atoms with Gasteiger partial charge in [0, 0.05) is 76.9 Å². The monoisotopic (exact) mass is 969 g/mol. The highest BCUT2D eigenvalue weighted by molar-refractivity contribution is 7.92. The fourth-order valence-electron chi connectivity index (χ4n) is 7.09. The second-order valence-corrected chi connectivity index (χ2v) is 18.7. The number of carbonyl (C=O) groups is 1. The fraction of sp³-hybridized carbons (Fsp3) is 0.486. The molecule has 4 fully saturated rings. The van der Waals surface area contributed by atoms with Gasteiger partial charge in [0.25, 0.3) is 0 Å². The highest BCUT2D eigenvalue weighted by Gasteiger charge is 2.23. The number of aromatic nitrogens is 6. The van der Waals surface area contributed by atoms with Crippen LogP contribution in [-0.4, -0.2) is 158 Å². The molecule has 326 valence electrons. The molecule has 0 unspecified atom stereocenters. The normalized spacial score (nSPS) is 18.0. The lowest BCUT2D eigenvalue weighted by Crippen LogP contribution is -2.42. The van der Waals surface area contributed by atoms with Crippen LogP contribution in [-0.2, 0) is 30.0 Å². The molecule has 0 aliphatic carbocycles. The van der Waals surface area contributed by atoms with E-state index in [1.807, 2.05) is 17.5 Å². The summed E-state index contributed by atoms with van der Waals surface area (Å²) in [6.07, 6.45) is 0.823. The van der Waals surface area contributed by atoms with Crippen LogP contribution in [0.5, 0.6) is 0 Å². The van der Waals surface area contributed by atoms with Gasteiger partial charge in [-0.1, -0.05) is 0 Å². The third-order valence-electron chi connectivity index (χ3n) is 10.0. The van der Waals surface area contributed by atoms with Crippen molar-refractivity contribution < 1.29 is 28.2 Å². The van der Waals surface area contributed by atoms with Crippen LogP contribution in [0, 0.1) is 0 Å². The average molecular weight is 971 g/mol. The van der Waals surface area contributed by atoms with Crippen LogP contribution < -0.4 is 14.7 Å². The molecule has 0 N–H and O–H groups in total. The first-order chi connectivity index (χ1) is 29.8. The van der Waals surface area contributed by atoms with E-state index in [1.54, 1.807) is 22.7 Å². The molecule has 4 aliphatic heterocycles. The van der Waals surface area contributed by atoms with E-state index in [0.29, 0.717) is 28.7 Å². The Kier molecular flexibility index (Phi) is 15.9. The van der Waals surface area contributed by atoms with Crippen LogP contribution in [0.3, 0.4) is 0 Å². The smallest absolute Gasteiger partial charge is 0.225 e. The van der Waals surface area contributed by atoms with Crippen molar-refractivity contribution in [1.82, 2.24) is 39.1 Å². The van der Waals surface area contributed by atoms with Crippen molar-refractivity contribution in [3.8, 4) is 0 Å². The first-order valence-corrected chi connectivity index (χ1v) is 23.8. The van der Waals surface area contributed by atoms with E-state index < -0.39 is 0 Å². The Hall–Kier alpha value is -2.87. The van der Waals surface area contributed by atoms with Crippen LogP contribution in [0.15, 0.2) is 23.6 Å². The van der Waals surface area contributed by atoms with Gasteiger partial charge in [-0.2, -0.15) is 15.0 Å². The van der Waals surface area contributed by atoms with Crippen molar-refractivity contribution in [3.05, 3.63) is 49.2 Å². The molecule has 0 spiro atoms. The van der Waals surface area contributed by atoms with Gasteiger partial charge in [0.2, 0.25) is 15.9 Å². The van der Waals surface area contributed by atoms with Crippen molar-refractivity contribution in [2.24, 2.45) is 0 Å². The lowest BCUT2D eigenvalue weighted by Gasteiger charge is -2.32. The number of ether oxygens (including phenoxy) is 3. The Morgan fingerprint density at radius 1 is 0.656 bits per heavy atom. The molecule has 0 amide bonds. The topological polar surface area (TPSA) is 157 Å². The summed E-state index contributed by atoms with van der Waals surface area (Å²) < 4.78 is 23.2. The molecular weight excluding hydrogens is 929 g/mol. The van der Waals surface area contributed by atoms with Crippen molar-refractivity contribution in [1.29, 1.82) is 0 Å². The molecule has 24 heteroatoms. The number of anilines is 3. The summed E-state index contributed by atoms with van der Waals surface area (Å²) in [6.45, 7) is 13.9.